The van der Waals surface area contributed by atoms with E-state index in [0.717, 1.165) is 11.1 Å². The van der Waals surface area contributed by atoms with E-state index in [0.29, 0.717) is 24.2 Å². The van der Waals surface area contributed by atoms with Crippen molar-refractivity contribution in [3.05, 3.63) is 58.1 Å². The number of aliphatic hydroxyl groups excluding tert-OH is 1. The molecule has 0 aromatic heterocycles. The lowest BCUT2D eigenvalue weighted by molar-refractivity contribution is -0.129. The second-order valence-corrected chi connectivity index (χ2v) is 9.36. The third-order valence-corrected chi connectivity index (χ3v) is 5.29. The summed E-state index contributed by atoms with van der Waals surface area (Å²) in [5.74, 6) is -0.888. The lowest BCUT2D eigenvalue weighted by atomic mass is 9.66. The van der Waals surface area contributed by atoms with Crippen LogP contribution >= 0.6 is 0 Å². The molecule has 158 valence electrons. The Labute approximate surface area is 174 Å². The maximum atomic E-state index is 13.7. The molecule has 0 aromatic rings. The fourth-order valence-corrected chi connectivity index (χ4v) is 3.54. The lowest BCUT2D eigenvalue weighted by Crippen LogP contribution is -2.45. The summed E-state index contributed by atoms with van der Waals surface area (Å²) in [4.78, 5) is 26.6. The molecule has 1 atom stereocenters. The number of Topliss-reactive ketones (excluding diaryl/α,β-unsaturated/α-hetero) is 2. The van der Waals surface area contributed by atoms with E-state index in [1.807, 2.05) is 65.8 Å². The maximum Gasteiger partial charge on any atom is 0.188 e. The summed E-state index contributed by atoms with van der Waals surface area (Å²) in [5.41, 5.74) is 0.862. The number of hydrogen-bond acceptors (Lipinski definition) is 4. The van der Waals surface area contributed by atoms with Gasteiger partial charge >= 0.3 is 0 Å². The van der Waals surface area contributed by atoms with Crippen LogP contribution in [0.2, 0.25) is 0 Å². The highest BCUT2D eigenvalue weighted by Crippen LogP contribution is 2.50. The van der Waals surface area contributed by atoms with Gasteiger partial charge in [-0.3, -0.25) is 9.59 Å². The van der Waals surface area contributed by atoms with E-state index in [9.17, 15) is 14.7 Å². The van der Waals surface area contributed by atoms with Gasteiger partial charge in [-0.25, -0.2) is 0 Å². The van der Waals surface area contributed by atoms with Gasteiger partial charge in [-0.15, -0.1) is 0 Å². The summed E-state index contributed by atoms with van der Waals surface area (Å²) in [7, 11) is 0. The Hall–Kier alpha value is -2.36. The molecule has 0 bridgehead atoms. The zero-order valence-electron chi connectivity index (χ0n) is 19.0. The number of carbonyl (C=O) groups is 2. The SMILES string of the molecule is CC(C)=CCC1=C2OC(C)(C)C=C[C@@]2(CC=C(C)C)C(=O)C(C(=O)C(C)C)=C1O. The number of ketones is 2. The third-order valence-electron chi connectivity index (χ3n) is 5.29. The van der Waals surface area contributed by atoms with E-state index in [-0.39, 0.29) is 22.9 Å². The first kappa shape index (κ1) is 22.9. The first-order chi connectivity index (χ1) is 13.3. The first-order valence-corrected chi connectivity index (χ1v) is 10.2. The quantitative estimate of drug-likeness (QED) is 0.445. The van der Waals surface area contributed by atoms with Gasteiger partial charge in [-0.05, 0) is 60.5 Å². The van der Waals surface area contributed by atoms with Gasteiger partial charge < -0.3 is 9.84 Å². The van der Waals surface area contributed by atoms with Gasteiger partial charge in [0.25, 0.3) is 0 Å². The highest BCUT2D eigenvalue weighted by molar-refractivity contribution is 6.25. The molecule has 0 unspecified atom stereocenters. The second kappa shape index (κ2) is 8.17. The summed E-state index contributed by atoms with van der Waals surface area (Å²) < 4.78 is 6.30. The van der Waals surface area contributed by atoms with E-state index >= 15 is 0 Å². The molecule has 0 saturated carbocycles. The Morgan fingerprint density at radius 3 is 2.21 bits per heavy atom. The van der Waals surface area contributed by atoms with Gasteiger partial charge in [0.2, 0.25) is 0 Å². The molecular formula is C25H34O4. The smallest absolute Gasteiger partial charge is 0.188 e. The predicted octanol–water partition coefficient (Wildman–Crippen LogP) is 5.92. The molecule has 4 nitrogen and oxygen atoms in total. The van der Waals surface area contributed by atoms with Crippen LogP contribution in [0.5, 0.6) is 0 Å². The number of hydrogen-bond donors (Lipinski definition) is 1. The van der Waals surface area contributed by atoms with Crippen LogP contribution in [0.4, 0.5) is 0 Å². The summed E-state index contributed by atoms with van der Waals surface area (Å²) in [6.07, 6.45) is 8.50. The average molecular weight is 399 g/mol. The van der Waals surface area contributed by atoms with Crippen LogP contribution in [0.3, 0.4) is 0 Å². The molecule has 0 spiro atoms. The molecule has 1 aliphatic carbocycles. The van der Waals surface area contributed by atoms with Crippen molar-refractivity contribution in [1.29, 1.82) is 0 Å². The molecule has 0 saturated heterocycles. The zero-order valence-corrected chi connectivity index (χ0v) is 19.0. The predicted molar refractivity (Wildman–Crippen MR) is 116 cm³/mol. The van der Waals surface area contributed by atoms with Crippen molar-refractivity contribution < 1.29 is 19.4 Å². The number of ether oxygens (including phenoxy) is 1. The third kappa shape index (κ3) is 4.47. The molecular weight excluding hydrogens is 364 g/mol. The molecule has 1 heterocycles. The van der Waals surface area contributed by atoms with Crippen LogP contribution < -0.4 is 0 Å². The van der Waals surface area contributed by atoms with Gasteiger partial charge in [0.1, 0.15) is 28.1 Å². The highest BCUT2D eigenvalue weighted by atomic mass is 16.5. The summed E-state index contributed by atoms with van der Waals surface area (Å²) in [5, 5.41) is 11.1. The number of allylic oxidation sites excluding steroid dienone is 7. The van der Waals surface area contributed by atoms with Crippen LogP contribution in [0, 0.1) is 11.3 Å². The molecule has 2 rings (SSSR count). The van der Waals surface area contributed by atoms with Crippen molar-refractivity contribution in [1.82, 2.24) is 0 Å². The van der Waals surface area contributed by atoms with E-state index < -0.39 is 16.9 Å². The van der Waals surface area contributed by atoms with Crippen molar-refractivity contribution in [3.63, 3.8) is 0 Å². The zero-order chi connectivity index (χ0) is 22.1. The van der Waals surface area contributed by atoms with Crippen LogP contribution in [0.15, 0.2) is 58.1 Å². The van der Waals surface area contributed by atoms with E-state index in [1.165, 1.54) is 0 Å². The van der Waals surface area contributed by atoms with E-state index in [4.69, 9.17) is 4.74 Å². The van der Waals surface area contributed by atoms with Crippen molar-refractivity contribution >= 4 is 11.6 Å². The van der Waals surface area contributed by atoms with Gasteiger partial charge in [0, 0.05) is 11.5 Å². The van der Waals surface area contributed by atoms with E-state index in [2.05, 4.69) is 0 Å². The average Bonchev–Trinajstić information content (AvgIpc) is 2.59. The lowest BCUT2D eigenvalue weighted by Gasteiger charge is -2.44. The second-order valence-electron chi connectivity index (χ2n) is 9.36. The standard InChI is InChI=1S/C25H34O4/c1-15(2)9-10-18-21(27)19(20(26)17(5)6)22(28)25(12-11-16(3)4)14-13-24(7,8)29-23(18)25/h9,11,13-14,17,27H,10,12H2,1-8H3/t25-/m0/s1. The minimum Gasteiger partial charge on any atom is -0.507 e. The molecule has 0 aromatic carbocycles. The van der Waals surface area contributed by atoms with Crippen LogP contribution in [-0.2, 0) is 14.3 Å². The normalized spacial score (nSPS) is 23.0. The number of rotatable bonds is 6. The Kier molecular flexibility index (Phi) is 6.46. The van der Waals surface area contributed by atoms with E-state index in [1.54, 1.807) is 13.8 Å². The van der Waals surface area contributed by atoms with Crippen LogP contribution in [0.25, 0.3) is 0 Å². The Morgan fingerprint density at radius 2 is 1.69 bits per heavy atom. The van der Waals surface area contributed by atoms with Crippen molar-refractivity contribution in [2.75, 3.05) is 0 Å². The molecule has 0 amide bonds. The number of aliphatic hydroxyl groups is 1. The van der Waals surface area contributed by atoms with Crippen LogP contribution in [-0.4, -0.2) is 22.3 Å². The monoisotopic (exact) mass is 398 g/mol. The molecule has 1 aliphatic heterocycles. The van der Waals surface area contributed by atoms with Gasteiger partial charge in [-0.2, -0.15) is 0 Å². The van der Waals surface area contributed by atoms with Crippen molar-refractivity contribution in [3.8, 4) is 0 Å². The Bertz CT molecular complexity index is 866. The minimum atomic E-state index is -1.11. The largest absolute Gasteiger partial charge is 0.507 e. The van der Waals surface area contributed by atoms with Gasteiger partial charge in [0.05, 0.1) is 0 Å². The fourth-order valence-electron chi connectivity index (χ4n) is 3.54. The molecule has 4 heteroatoms. The fraction of sp³-hybridized carbons (Fsp3) is 0.520. The maximum absolute atomic E-state index is 13.7. The van der Waals surface area contributed by atoms with Gasteiger partial charge in [-0.1, -0.05) is 43.2 Å². The minimum absolute atomic E-state index is 0.101. The summed E-state index contributed by atoms with van der Waals surface area (Å²) >= 11 is 0. The molecule has 0 radical (unpaired) electrons. The summed E-state index contributed by atoms with van der Waals surface area (Å²) in [6, 6.07) is 0. The Morgan fingerprint density at radius 1 is 1.10 bits per heavy atom. The molecule has 2 aliphatic rings. The summed E-state index contributed by atoms with van der Waals surface area (Å²) in [6.45, 7) is 15.2. The number of fused-ring (bicyclic) bond motifs is 1. The molecule has 29 heavy (non-hydrogen) atoms. The topological polar surface area (TPSA) is 63.6 Å². The van der Waals surface area contributed by atoms with Crippen molar-refractivity contribution in [2.45, 2.75) is 73.8 Å². The van der Waals surface area contributed by atoms with Crippen LogP contribution in [0.1, 0.15) is 68.2 Å². The van der Waals surface area contributed by atoms with Crippen molar-refractivity contribution in [2.24, 2.45) is 11.3 Å². The number of carbonyl (C=O) groups excluding carboxylic acids is 2. The molecule has 1 N–H and O–H groups in total. The highest BCUT2D eigenvalue weighted by Gasteiger charge is 2.53. The molecule has 0 fully saturated rings. The Balaban J connectivity index is 2.86. The first-order valence-electron chi connectivity index (χ1n) is 10.2. The van der Waals surface area contributed by atoms with Gasteiger partial charge in [0.15, 0.2) is 11.6 Å².